The van der Waals surface area contributed by atoms with Crippen LogP contribution in [0, 0.1) is 0 Å². The van der Waals surface area contributed by atoms with Crippen LogP contribution in [0.1, 0.15) is 341 Å². The van der Waals surface area contributed by atoms with Gasteiger partial charge in [-0.05, 0) is 70.6 Å². The molecule has 9 heteroatoms. The molecule has 0 aliphatic carbocycles. The summed E-state index contributed by atoms with van der Waals surface area (Å²) in [5.41, 5.74) is 0. The van der Waals surface area contributed by atoms with Crippen molar-refractivity contribution in [3.05, 3.63) is 85.1 Å². The highest BCUT2D eigenvalue weighted by atomic mass is 31.2. The lowest BCUT2D eigenvalue weighted by Gasteiger charge is -2.25. The van der Waals surface area contributed by atoms with Gasteiger partial charge in [0.25, 0.3) is 0 Å². The third-order valence-corrected chi connectivity index (χ3v) is 17.4. The van der Waals surface area contributed by atoms with Crippen LogP contribution in [0.5, 0.6) is 0 Å². The van der Waals surface area contributed by atoms with Gasteiger partial charge in [-0.1, -0.05) is 349 Å². The molecule has 0 bridgehead atoms. The third kappa shape index (κ3) is 69.0. The highest BCUT2D eigenvalue weighted by Gasteiger charge is 2.28. The first kappa shape index (κ1) is 82.7. The Morgan fingerprint density at radius 1 is 0.412 bits per heavy atom. The van der Waals surface area contributed by atoms with Gasteiger partial charge < -0.3 is 19.8 Å². The first-order valence-corrected chi connectivity index (χ1v) is 38.0. The van der Waals surface area contributed by atoms with Gasteiger partial charge in [0, 0.05) is 6.42 Å². The Hall–Kier alpha value is -2.32. The first-order chi connectivity index (χ1) is 41.5. The summed E-state index contributed by atoms with van der Waals surface area (Å²) >= 11 is 0. The van der Waals surface area contributed by atoms with Crippen LogP contribution in [-0.4, -0.2) is 73.4 Å². The number of nitrogens with zero attached hydrogens (tertiary/aromatic N) is 1. The highest BCUT2D eigenvalue weighted by molar-refractivity contribution is 7.47. The fourth-order valence-electron chi connectivity index (χ4n) is 10.8. The van der Waals surface area contributed by atoms with Crippen molar-refractivity contribution in [2.24, 2.45) is 0 Å². The number of rotatable bonds is 67. The van der Waals surface area contributed by atoms with E-state index >= 15 is 0 Å². The van der Waals surface area contributed by atoms with E-state index < -0.39 is 20.0 Å². The minimum Gasteiger partial charge on any atom is -0.387 e. The van der Waals surface area contributed by atoms with Crippen molar-refractivity contribution in [1.82, 2.24) is 5.32 Å². The van der Waals surface area contributed by atoms with Crippen LogP contribution >= 0.6 is 7.82 Å². The molecular weight excluding hydrogens is 1070 g/mol. The number of nitrogens with one attached hydrogen (secondary N) is 1. The monoisotopic (exact) mass is 1210 g/mol. The number of amides is 1. The molecule has 3 N–H and O–H groups in total. The molecular formula is C76H142N2O6P+. The van der Waals surface area contributed by atoms with E-state index in [9.17, 15) is 19.4 Å². The second-order valence-corrected chi connectivity index (χ2v) is 27.4. The van der Waals surface area contributed by atoms with E-state index in [2.05, 4.69) is 92.1 Å². The van der Waals surface area contributed by atoms with Crippen molar-refractivity contribution in [2.45, 2.75) is 353 Å². The number of quaternary nitrogens is 1. The maximum atomic E-state index is 13.1. The van der Waals surface area contributed by atoms with Crippen LogP contribution in [0.15, 0.2) is 85.1 Å². The summed E-state index contributed by atoms with van der Waals surface area (Å²) in [6.07, 6.45) is 94.5. The Labute approximate surface area is 528 Å². The fraction of sp³-hybridized carbons (Fsp3) is 0.803. The summed E-state index contributed by atoms with van der Waals surface area (Å²) < 4.78 is 23.8. The van der Waals surface area contributed by atoms with Gasteiger partial charge in [0.1, 0.15) is 13.2 Å². The average Bonchev–Trinajstić information content (AvgIpc) is 3.49. The summed E-state index contributed by atoms with van der Waals surface area (Å²) in [4.78, 5) is 23.5. The van der Waals surface area contributed by atoms with E-state index in [1.54, 1.807) is 6.08 Å². The Balaban J connectivity index is 4.06. The summed E-state index contributed by atoms with van der Waals surface area (Å²) in [5.74, 6) is -0.176. The number of phosphoric acid groups is 1. The molecule has 0 aromatic rings. The van der Waals surface area contributed by atoms with Crippen molar-refractivity contribution in [1.29, 1.82) is 0 Å². The number of carbonyl (C=O) groups is 1. The largest absolute Gasteiger partial charge is 0.472 e. The zero-order valence-electron chi connectivity index (χ0n) is 56.8. The lowest BCUT2D eigenvalue weighted by Crippen LogP contribution is -2.45. The summed E-state index contributed by atoms with van der Waals surface area (Å²) in [6.45, 7) is 4.74. The lowest BCUT2D eigenvalue weighted by molar-refractivity contribution is -0.870. The second-order valence-electron chi connectivity index (χ2n) is 25.9. The molecule has 3 atom stereocenters. The predicted molar refractivity (Wildman–Crippen MR) is 373 cm³/mol. The second kappa shape index (κ2) is 66.1. The number of likely N-dealkylation sites (N-methyl/N-ethyl adjacent to an activating group) is 1. The van der Waals surface area contributed by atoms with Gasteiger partial charge in [0.05, 0.1) is 39.9 Å². The molecule has 0 aromatic carbocycles. The van der Waals surface area contributed by atoms with Crippen LogP contribution in [0.25, 0.3) is 0 Å². The number of hydrogen-bond donors (Lipinski definition) is 3. The van der Waals surface area contributed by atoms with E-state index in [4.69, 9.17) is 9.05 Å². The molecule has 0 heterocycles. The summed E-state index contributed by atoms with van der Waals surface area (Å²) in [7, 11) is 1.58. The Kier molecular flexibility index (Phi) is 64.3. The number of phosphoric ester groups is 1. The van der Waals surface area contributed by atoms with Crippen LogP contribution < -0.4 is 5.32 Å². The van der Waals surface area contributed by atoms with Crippen LogP contribution in [0.2, 0.25) is 0 Å². The molecule has 0 rings (SSSR count). The molecule has 8 nitrogen and oxygen atoms in total. The smallest absolute Gasteiger partial charge is 0.387 e. The SMILES string of the molecule is CC/C=C\C/C=C\C/C=C\C/C=C\C/C=C\C/C=C\CCCCCCCCCCCCCCCCC(=O)NC(COP(=O)(O)OCC[N+](C)(C)C)C(O)/C=C/CCCCCCCCCCCCCCCCCCCCCCCCCCCCCC. The maximum absolute atomic E-state index is 13.1. The van der Waals surface area contributed by atoms with Crippen molar-refractivity contribution in [3.63, 3.8) is 0 Å². The van der Waals surface area contributed by atoms with E-state index in [1.165, 1.54) is 244 Å². The Bertz CT molecular complexity index is 1660. The van der Waals surface area contributed by atoms with Crippen LogP contribution in [0.3, 0.4) is 0 Å². The van der Waals surface area contributed by atoms with Gasteiger partial charge >= 0.3 is 7.82 Å². The Morgan fingerprint density at radius 2 is 0.706 bits per heavy atom. The van der Waals surface area contributed by atoms with Gasteiger partial charge in [-0.15, -0.1) is 0 Å². The number of hydrogen-bond acceptors (Lipinski definition) is 5. The topological polar surface area (TPSA) is 105 Å². The molecule has 1 amide bonds. The number of carbonyl (C=O) groups excluding carboxylic acids is 1. The minimum atomic E-state index is -4.36. The number of unbranched alkanes of at least 4 members (excludes halogenated alkanes) is 42. The van der Waals surface area contributed by atoms with E-state index in [0.717, 1.165) is 77.0 Å². The highest BCUT2D eigenvalue weighted by Crippen LogP contribution is 2.43. The lowest BCUT2D eigenvalue weighted by atomic mass is 10.0. The number of aliphatic hydroxyl groups is 1. The number of aliphatic hydroxyl groups excluding tert-OH is 1. The van der Waals surface area contributed by atoms with Gasteiger partial charge in [-0.3, -0.25) is 13.8 Å². The fourth-order valence-corrected chi connectivity index (χ4v) is 11.5. The van der Waals surface area contributed by atoms with Crippen molar-refractivity contribution < 1.29 is 32.9 Å². The van der Waals surface area contributed by atoms with Crippen molar-refractivity contribution in [3.8, 4) is 0 Å². The third-order valence-electron chi connectivity index (χ3n) is 16.4. The van der Waals surface area contributed by atoms with Gasteiger partial charge in [-0.25, -0.2) is 4.57 Å². The standard InChI is InChI=1S/C76H141N2O6P/c1-6-8-10-12-14-16-18-20-22-24-26-28-30-32-34-36-38-39-40-42-44-46-48-50-52-54-56-58-60-62-64-66-68-70-76(80)77-74(73-84-85(81,82)83-72-71-78(3,4)5)75(79)69-67-65-63-61-59-57-55-53-51-49-47-45-43-41-37-35-33-31-29-27-25-23-21-19-17-15-13-11-9-7-2/h8,10,14,16,20,22,26,28,32,34,38-39,67,69,74-75,79H,6-7,9,11-13,15,17-19,21,23-25,27,29-31,33,35-37,40-66,68,70-73H2,1-5H3,(H-,77,80,81,82)/p+1/b10-8-,16-14-,22-20-,28-26-,34-32-,39-38-,69-67+. The maximum Gasteiger partial charge on any atom is 0.472 e. The molecule has 0 aliphatic rings. The molecule has 0 radical (unpaired) electrons. The van der Waals surface area contributed by atoms with Gasteiger partial charge in [0.15, 0.2) is 0 Å². The zero-order valence-corrected chi connectivity index (χ0v) is 57.7. The van der Waals surface area contributed by atoms with Gasteiger partial charge in [-0.2, -0.15) is 0 Å². The van der Waals surface area contributed by atoms with Crippen molar-refractivity contribution in [2.75, 3.05) is 40.9 Å². The Morgan fingerprint density at radius 3 is 1.04 bits per heavy atom. The molecule has 85 heavy (non-hydrogen) atoms. The normalized spacial score (nSPS) is 14.1. The van der Waals surface area contributed by atoms with E-state index in [-0.39, 0.29) is 19.1 Å². The van der Waals surface area contributed by atoms with E-state index in [0.29, 0.717) is 17.4 Å². The summed E-state index contributed by atoms with van der Waals surface area (Å²) in [5, 5.41) is 14.0. The number of allylic oxidation sites excluding steroid dienone is 13. The minimum absolute atomic E-state index is 0.0597. The molecule has 0 saturated heterocycles. The van der Waals surface area contributed by atoms with E-state index in [1.807, 2.05) is 27.2 Å². The molecule has 3 unspecified atom stereocenters. The molecule has 496 valence electrons. The predicted octanol–water partition coefficient (Wildman–Crippen LogP) is 23.5. The van der Waals surface area contributed by atoms with Crippen molar-refractivity contribution >= 4 is 13.7 Å². The molecule has 0 aromatic heterocycles. The molecule has 0 saturated carbocycles. The van der Waals surface area contributed by atoms with Crippen LogP contribution in [0.4, 0.5) is 0 Å². The van der Waals surface area contributed by atoms with Gasteiger partial charge in [0.2, 0.25) is 5.91 Å². The first-order valence-electron chi connectivity index (χ1n) is 36.5. The zero-order chi connectivity index (χ0) is 61.9. The average molecular weight is 1210 g/mol. The summed E-state index contributed by atoms with van der Waals surface area (Å²) in [6, 6.07) is -0.853. The van der Waals surface area contributed by atoms with Crippen LogP contribution in [-0.2, 0) is 18.4 Å². The quantitative estimate of drug-likeness (QED) is 0.0243. The molecule has 0 aliphatic heterocycles. The molecule has 0 fully saturated rings. The molecule has 0 spiro atoms.